The van der Waals surface area contributed by atoms with Gasteiger partial charge < -0.3 is 8.83 Å². The van der Waals surface area contributed by atoms with E-state index in [1.54, 1.807) is 24.3 Å². The molecule has 8 heteroatoms. The summed E-state index contributed by atoms with van der Waals surface area (Å²) in [5, 5.41) is 15.9. The number of nitrogens with zero attached hydrogens (tertiary/aromatic N) is 4. The lowest BCUT2D eigenvalue weighted by Gasteiger charge is -1.95. The average molecular weight is 368 g/mol. The molecule has 0 amide bonds. The van der Waals surface area contributed by atoms with Crippen molar-refractivity contribution in [2.45, 2.75) is 19.3 Å². The van der Waals surface area contributed by atoms with Gasteiger partial charge in [0.15, 0.2) is 0 Å². The molecular weight excluding hydrogens is 354 g/mol. The van der Waals surface area contributed by atoms with Gasteiger partial charge in [-0.25, -0.2) is 8.78 Å². The number of halogens is 2. The van der Waals surface area contributed by atoms with Gasteiger partial charge in [-0.15, -0.1) is 20.4 Å². The Balaban J connectivity index is 1.34. The van der Waals surface area contributed by atoms with Gasteiger partial charge in [0, 0.05) is 24.0 Å². The van der Waals surface area contributed by atoms with Gasteiger partial charge in [0.1, 0.15) is 11.6 Å². The average Bonchev–Trinajstić information content (AvgIpc) is 3.33. The van der Waals surface area contributed by atoms with Crippen molar-refractivity contribution < 1.29 is 17.6 Å². The highest BCUT2D eigenvalue weighted by molar-refractivity contribution is 5.52. The first kappa shape index (κ1) is 17.0. The molecule has 2 aromatic carbocycles. The second-order valence-electron chi connectivity index (χ2n) is 5.87. The zero-order chi connectivity index (χ0) is 18.6. The van der Waals surface area contributed by atoms with Crippen LogP contribution < -0.4 is 0 Å². The highest BCUT2D eigenvalue weighted by Crippen LogP contribution is 2.20. The van der Waals surface area contributed by atoms with Crippen LogP contribution in [0.3, 0.4) is 0 Å². The molecule has 0 fully saturated rings. The Bertz CT molecular complexity index is 943. The summed E-state index contributed by atoms with van der Waals surface area (Å²) in [7, 11) is 0. The normalized spacial score (nSPS) is 11.0. The van der Waals surface area contributed by atoms with Crippen LogP contribution >= 0.6 is 0 Å². The third kappa shape index (κ3) is 4.05. The summed E-state index contributed by atoms with van der Waals surface area (Å²) in [6.07, 6.45) is 1.76. The van der Waals surface area contributed by atoms with Gasteiger partial charge in [0.05, 0.1) is 0 Å². The molecule has 0 spiro atoms. The van der Waals surface area contributed by atoms with Gasteiger partial charge in [0.2, 0.25) is 23.6 Å². The van der Waals surface area contributed by atoms with Crippen molar-refractivity contribution in [3.8, 4) is 22.9 Å². The fourth-order valence-electron chi connectivity index (χ4n) is 2.52. The monoisotopic (exact) mass is 368 g/mol. The number of benzene rings is 2. The number of aromatic nitrogens is 4. The molecular formula is C19H14F2N4O2. The second-order valence-corrected chi connectivity index (χ2v) is 5.87. The molecule has 0 radical (unpaired) electrons. The fraction of sp³-hybridized carbons (Fsp3) is 0.158. The lowest BCUT2D eigenvalue weighted by molar-refractivity contribution is 0.470. The largest absolute Gasteiger partial charge is 0.421 e. The third-order valence-corrected chi connectivity index (χ3v) is 3.90. The van der Waals surface area contributed by atoms with Crippen LogP contribution in [0.15, 0.2) is 57.4 Å². The van der Waals surface area contributed by atoms with Gasteiger partial charge in [-0.2, -0.15) is 0 Å². The third-order valence-electron chi connectivity index (χ3n) is 3.90. The van der Waals surface area contributed by atoms with E-state index in [0.29, 0.717) is 54.0 Å². The van der Waals surface area contributed by atoms with Crippen molar-refractivity contribution >= 4 is 0 Å². The van der Waals surface area contributed by atoms with E-state index in [1.807, 2.05) is 0 Å². The van der Waals surface area contributed by atoms with Crippen molar-refractivity contribution in [2.24, 2.45) is 0 Å². The Morgan fingerprint density at radius 2 is 1.00 bits per heavy atom. The Hall–Kier alpha value is -3.42. The van der Waals surface area contributed by atoms with Crippen LogP contribution in [-0.4, -0.2) is 20.4 Å². The predicted molar refractivity (Wildman–Crippen MR) is 91.4 cm³/mol. The first-order valence-electron chi connectivity index (χ1n) is 8.34. The van der Waals surface area contributed by atoms with E-state index in [4.69, 9.17) is 8.83 Å². The SMILES string of the molecule is Fc1ccc(-c2nnc(CCCc3nnc(-c4ccc(F)cc4)o3)o2)cc1. The highest BCUT2D eigenvalue weighted by atomic mass is 19.1. The maximum atomic E-state index is 13.0. The van der Waals surface area contributed by atoms with E-state index in [-0.39, 0.29) is 11.6 Å². The maximum absolute atomic E-state index is 13.0. The molecule has 0 atom stereocenters. The minimum Gasteiger partial charge on any atom is -0.421 e. The lowest BCUT2D eigenvalue weighted by Crippen LogP contribution is -1.90. The zero-order valence-electron chi connectivity index (χ0n) is 14.1. The van der Waals surface area contributed by atoms with E-state index in [0.717, 1.165) is 0 Å². The van der Waals surface area contributed by atoms with E-state index in [9.17, 15) is 8.78 Å². The standard InChI is InChI=1S/C19H14F2N4O2/c20-14-8-4-12(5-9-14)18-24-22-16(26-18)2-1-3-17-23-25-19(27-17)13-6-10-15(21)11-7-13/h4-11H,1-3H2. The van der Waals surface area contributed by atoms with Crippen molar-refractivity contribution in [3.05, 3.63) is 71.9 Å². The quantitative estimate of drug-likeness (QED) is 0.507. The number of hydrogen-bond acceptors (Lipinski definition) is 6. The van der Waals surface area contributed by atoms with E-state index in [2.05, 4.69) is 20.4 Å². The predicted octanol–water partition coefficient (Wildman–Crippen LogP) is 4.24. The molecule has 6 nitrogen and oxygen atoms in total. The Morgan fingerprint density at radius 3 is 1.41 bits per heavy atom. The molecule has 2 heterocycles. The molecule has 0 saturated carbocycles. The van der Waals surface area contributed by atoms with E-state index >= 15 is 0 Å². The van der Waals surface area contributed by atoms with Crippen LogP contribution in [0.1, 0.15) is 18.2 Å². The fourth-order valence-corrected chi connectivity index (χ4v) is 2.52. The molecule has 27 heavy (non-hydrogen) atoms. The molecule has 0 N–H and O–H groups in total. The summed E-state index contributed by atoms with van der Waals surface area (Å²) in [5.74, 6) is 1.01. The summed E-state index contributed by atoms with van der Waals surface area (Å²) < 4.78 is 37.1. The van der Waals surface area contributed by atoms with E-state index in [1.165, 1.54) is 24.3 Å². The van der Waals surface area contributed by atoms with Gasteiger partial charge >= 0.3 is 0 Å². The molecule has 0 bridgehead atoms. The van der Waals surface area contributed by atoms with Crippen molar-refractivity contribution in [2.75, 3.05) is 0 Å². The Kier molecular flexibility index (Phi) is 4.69. The number of aryl methyl sites for hydroxylation is 2. The number of rotatable bonds is 6. The van der Waals surface area contributed by atoms with Crippen molar-refractivity contribution in [3.63, 3.8) is 0 Å². The van der Waals surface area contributed by atoms with Crippen molar-refractivity contribution in [1.29, 1.82) is 0 Å². The molecule has 4 aromatic rings. The first-order chi connectivity index (χ1) is 13.2. The summed E-state index contributed by atoms with van der Waals surface area (Å²) in [4.78, 5) is 0. The molecule has 0 saturated heterocycles. The van der Waals surface area contributed by atoms with Crippen LogP contribution in [0.5, 0.6) is 0 Å². The summed E-state index contributed by atoms with van der Waals surface area (Å²) in [5.41, 5.74) is 1.33. The topological polar surface area (TPSA) is 77.8 Å². The smallest absolute Gasteiger partial charge is 0.247 e. The number of hydrogen-bond donors (Lipinski definition) is 0. The van der Waals surface area contributed by atoms with Crippen LogP contribution in [-0.2, 0) is 12.8 Å². The van der Waals surface area contributed by atoms with Gasteiger partial charge in [-0.1, -0.05) is 0 Å². The molecule has 2 aromatic heterocycles. The minimum absolute atomic E-state index is 0.321. The first-order valence-corrected chi connectivity index (χ1v) is 8.34. The minimum atomic E-state index is -0.321. The molecule has 0 unspecified atom stereocenters. The zero-order valence-corrected chi connectivity index (χ0v) is 14.1. The molecule has 4 rings (SSSR count). The highest BCUT2D eigenvalue weighted by Gasteiger charge is 2.11. The molecule has 136 valence electrons. The van der Waals surface area contributed by atoms with Crippen LogP contribution in [0.25, 0.3) is 22.9 Å². The van der Waals surface area contributed by atoms with Crippen LogP contribution in [0.2, 0.25) is 0 Å². The lowest BCUT2D eigenvalue weighted by atomic mass is 10.2. The van der Waals surface area contributed by atoms with Crippen LogP contribution in [0, 0.1) is 11.6 Å². The van der Waals surface area contributed by atoms with Gasteiger partial charge in [-0.05, 0) is 55.0 Å². The Morgan fingerprint density at radius 1 is 0.593 bits per heavy atom. The van der Waals surface area contributed by atoms with Gasteiger partial charge in [-0.3, -0.25) is 0 Å². The summed E-state index contributed by atoms with van der Waals surface area (Å²) in [6, 6.07) is 11.7. The molecule has 0 aliphatic heterocycles. The molecule has 0 aliphatic rings. The van der Waals surface area contributed by atoms with E-state index < -0.39 is 0 Å². The summed E-state index contributed by atoms with van der Waals surface area (Å²) >= 11 is 0. The Labute approximate surface area is 152 Å². The maximum Gasteiger partial charge on any atom is 0.247 e. The second kappa shape index (κ2) is 7.45. The molecule has 0 aliphatic carbocycles. The van der Waals surface area contributed by atoms with Crippen LogP contribution in [0.4, 0.5) is 8.78 Å². The van der Waals surface area contributed by atoms with Crippen molar-refractivity contribution in [1.82, 2.24) is 20.4 Å². The van der Waals surface area contributed by atoms with Gasteiger partial charge in [0.25, 0.3) is 0 Å². The summed E-state index contributed by atoms with van der Waals surface area (Å²) in [6.45, 7) is 0.